The zero-order valence-electron chi connectivity index (χ0n) is 20.7. The summed E-state index contributed by atoms with van der Waals surface area (Å²) in [5, 5.41) is 0. The number of nitrogens with zero attached hydrogens (tertiary/aromatic N) is 3. The first-order valence-corrected chi connectivity index (χ1v) is 12.3. The highest BCUT2D eigenvalue weighted by Gasteiger charge is 2.15. The van der Waals surface area contributed by atoms with Crippen molar-refractivity contribution in [3.63, 3.8) is 0 Å². The van der Waals surface area contributed by atoms with Crippen LogP contribution < -0.4 is 5.73 Å². The van der Waals surface area contributed by atoms with E-state index in [9.17, 15) is 0 Å². The zero-order chi connectivity index (χ0) is 23.1. The fraction of sp³-hybridized carbons (Fsp3) is 0.536. The summed E-state index contributed by atoms with van der Waals surface area (Å²) in [7, 11) is 2.21. The maximum absolute atomic E-state index is 6.25. The van der Waals surface area contributed by atoms with Crippen molar-refractivity contribution in [2.24, 2.45) is 0 Å². The van der Waals surface area contributed by atoms with Gasteiger partial charge in [-0.15, -0.1) is 0 Å². The molecule has 2 aromatic rings. The predicted octanol–water partition coefficient (Wildman–Crippen LogP) is 5.16. The third-order valence-electron chi connectivity index (χ3n) is 6.63. The van der Waals surface area contributed by atoms with E-state index in [2.05, 4.69) is 73.4 Å². The summed E-state index contributed by atoms with van der Waals surface area (Å²) in [6.07, 6.45) is 6.47. The predicted molar refractivity (Wildman–Crippen MR) is 137 cm³/mol. The van der Waals surface area contributed by atoms with E-state index in [0.717, 1.165) is 57.7 Å². The molecule has 0 spiro atoms. The van der Waals surface area contributed by atoms with E-state index in [1.54, 1.807) is 0 Å². The van der Waals surface area contributed by atoms with Gasteiger partial charge in [-0.25, -0.2) is 4.98 Å². The molecular formula is C28H42N4. The van der Waals surface area contributed by atoms with Crippen LogP contribution in [0.1, 0.15) is 66.6 Å². The van der Waals surface area contributed by atoms with Crippen molar-refractivity contribution < 1.29 is 0 Å². The third kappa shape index (κ3) is 6.91. The molecule has 1 aliphatic rings. The molecule has 2 N–H and O–H groups in total. The van der Waals surface area contributed by atoms with Gasteiger partial charge in [-0.3, -0.25) is 4.90 Å². The Kier molecular flexibility index (Phi) is 8.89. The van der Waals surface area contributed by atoms with Gasteiger partial charge in [0.2, 0.25) is 0 Å². The molecule has 32 heavy (non-hydrogen) atoms. The number of nitrogen functional groups attached to an aromatic ring is 1. The largest absolute Gasteiger partial charge is 0.383 e. The van der Waals surface area contributed by atoms with Crippen LogP contribution in [-0.2, 0) is 25.8 Å². The van der Waals surface area contributed by atoms with Gasteiger partial charge in [0.25, 0.3) is 0 Å². The number of nitrogens with two attached hydrogens (primary N) is 1. The number of anilines is 1. The van der Waals surface area contributed by atoms with E-state index in [1.807, 2.05) is 0 Å². The van der Waals surface area contributed by atoms with Gasteiger partial charge >= 0.3 is 0 Å². The highest BCUT2D eigenvalue weighted by atomic mass is 15.2. The molecule has 1 aromatic heterocycles. The van der Waals surface area contributed by atoms with Crippen LogP contribution in [0.25, 0.3) is 0 Å². The Labute approximate surface area is 195 Å². The van der Waals surface area contributed by atoms with Gasteiger partial charge in [0.15, 0.2) is 0 Å². The molecule has 0 atom stereocenters. The van der Waals surface area contributed by atoms with Gasteiger partial charge in [0.1, 0.15) is 5.82 Å². The lowest BCUT2D eigenvalue weighted by atomic mass is 9.92. The standard InChI is InChI=1S/C28H42N4/c1-6-7-8-9-25-19-26(22(4)30-28(25)29)18-24-11-10-23(17-27(24)16-21(2)3)20-32-14-12-31(5)13-15-32/h10-11,17,19H,2,6-9,12-16,18,20H2,1,3-5H3,(H2,29,30). The molecule has 1 saturated heterocycles. The zero-order valence-corrected chi connectivity index (χ0v) is 20.7. The Morgan fingerprint density at radius 2 is 1.78 bits per heavy atom. The minimum Gasteiger partial charge on any atom is -0.383 e. The molecule has 0 radical (unpaired) electrons. The summed E-state index contributed by atoms with van der Waals surface area (Å²) in [6, 6.07) is 9.36. The Hall–Kier alpha value is -2.17. The van der Waals surface area contributed by atoms with Gasteiger partial charge < -0.3 is 10.6 Å². The van der Waals surface area contributed by atoms with Gasteiger partial charge in [0, 0.05) is 38.4 Å². The van der Waals surface area contributed by atoms with Gasteiger partial charge in [-0.2, -0.15) is 0 Å². The number of aromatic nitrogens is 1. The number of benzene rings is 1. The number of likely N-dealkylation sites (N-methyl/N-ethyl adjacent to an activating group) is 1. The molecule has 0 unspecified atom stereocenters. The summed E-state index contributed by atoms with van der Waals surface area (Å²) in [5.74, 6) is 0.701. The second kappa shape index (κ2) is 11.6. The van der Waals surface area contributed by atoms with Crippen molar-refractivity contribution >= 4 is 5.82 Å². The minimum atomic E-state index is 0.701. The molecule has 4 nitrogen and oxygen atoms in total. The van der Waals surface area contributed by atoms with E-state index in [0.29, 0.717) is 5.82 Å². The van der Waals surface area contributed by atoms with Gasteiger partial charge in [-0.1, -0.05) is 56.2 Å². The maximum Gasteiger partial charge on any atom is 0.126 e. The van der Waals surface area contributed by atoms with E-state index >= 15 is 0 Å². The molecule has 4 heteroatoms. The number of hydrogen-bond acceptors (Lipinski definition) is 4. The van der Waals surface area contributed by atoms with Gasteiger partial charge in [-0.05, 0) is 74.4 Å². The molecule has 0 aliphatic carbocycles. The number of pyridine rings is 1. The molecule has 1 aromatic carbocycles. The first-order valence-electron chi connectivity index (χ1n) is 12.3. The maximum atomic E-state index is 6.25. The molecule has 2 heterocycles. The smallest absolute Gasteiger partial charge is 0.126 e. The summed E-state index contributed by atoms with van der Waals surface area (Å²) < 4.78 is 0. The quantitative estimate of drug-likeness (QED) is 0.414. The van der Waals surface area contributed by atoms with Crippen molar-refractivity contribution in [2.75, 3.05) is 39.0 Å². The van der Waals surface area contributed by atoms with Crippen LogP contribution in [-0.4, -0.2) is 48.0 Å². The summed E-state index contributed by atoms with van der Waals surface area (Å²) in [6.45, 7) is 16.3. The lowest BCUT2D eigenvalue weighted by molar-refractivity contribution is 0.148. The Bertz CT molecular complexity index is 910. The van der Waals surface area contributed by atoms with Crippen LogP contribution in [0.2, 0.25) is 0 Å². The van der Waals surface area contributed by atoms with Crippen LogP contribution in [0.4, 0.5) is 5.82 Å². The van der Waals surface area contributed by atoms with Crippen LogP contribution in [0.15, 0.2) is 36.4 Å². The molecule has 174 valence electrons. The number of piperazine rings is 1. The number of aryl methyl sites for hydroxylation is 2. The lowest BCUT2D eigenvalue weighted by Crippen LogP contribution is -2.43. The Morgan fingerprint density at radius 3 is 2.47 bits per heavy atom. The molecule has 1 aliphatic heterocycles. The first kappa shape index (κ1) is 24.5. The van der Waals surface area contributed by atoms with Crippen molar-refractivity contribution in [3.8, 4) is 0 Å². The van der Waals surface area contributed by atoms with Crippen LogP contribution in [0.3, 0.4) is 0 Å². The highest BCUT2D eigenvalue weighted by Crippen LogP contribution is 2.24. The lowest BCUT2D eigenvalue weighted by Gasteiger charge is -2.32. The summed E-state index contributed by atoms with van der Waals surface area (Å²) in [5.41, 5.74) is 15.2. The van der Waals surface area contributed by atoms with Crippen molar-refractivity contribution in [1.29, 1.82) is 0 Å². The Balaban J connectivity index is 1.80. The average molecular weight is 435 g/mol. The van der Waals surface area contributed by atoms with Crippen LogP contribution in [0.5, 0.6) is 0 Å². The van der Waals surface area contributed by atoms with Crippen molar-refractivity contribution in [2.45, 2.75) is 65.8 Å². The van der Waals surface area contributed by atoms with Crippen LogP contribution >= 0.6 is 0 Å². The molecule has 0 bridgehead atoms. The van der Waals surface area contributed by atoms with E-state index in [-0.39, 0.29) is 0 Å². The average Bonchev–Trinajstić information content (AvgIpc) is 2.74. The molecule has 0 amide bonds. The SMILES string of the molecule is C=C(C)Cc1cc(CN2CCN(C)CC2)ccc1Cc1cc(CCCCC)c(N)nc1C. The number of unbranched alkanes of at least 4 members (excludes halogenated alkanes) is 2. The van der Waals surface area contributed by atoms with Crippen molar-refractivity contribution in [1.82, 2.24) is 14.8 Å². The van der Waals surface area contributed by atoms with E-state index in [4.69, 9.17) is 5.73 Å². The topological polar surface area (TPSA) is 45.4 Å². The summed E-state index contributed by atoms with van der Waals surface area (Å²) >= 11 is 0. The second-order valence-corrected chi connectivity index (χ2v) is 9.73. The van der Waals surface area contributed by atoms with E-state index in [1.165, 1.54) is 52.7 Å². The van der Waals surface area contributed by atoms with Gasteiger partial charge in [0.05, 0.1) is 0 Å². The highest BCUT2D eigenvalue weighted by molar-refractivity contribution is 5.46. The van der Waals surface area contributed by atoms with Crippen molar-refractivity contribution in [3.05, 3.63) is 69.9 Å². The minimum absolute atomic E-state index is 0.701. The molecule has 3 rings (SSSR count). The Morgan fingerprint density at radius 1 is 1.03 bits per heavy atom. The second-order valence-electron chi connectivity index (χ2n) is 9.73. The van der Waals surface area contributed by atoms with E-state index < -0.39 is 0 Å². The number of rotatable bonds is 10. The molecule has 1 fully saturated rings. The monoisotopic (exact) mass is 434 g/mol. The summed E-state index contributed by atoms with van der Waals surface area (Å²) in [4.78, 5) is 9.66. The number of allylic oxidation sites excluding steroid dienone is 1. The third-order valence-corrected chi connectivity index (χ3v) is 6.63. The number of hydrogen-bond donors (Lipinski definition) is 1. The molecule has 0 saturated carbocycles. The normalized spacial score (nSPS) is 15.2. The fourth-order valence-corrected chi connectivity index (χ4v) is 4.57. The molecular weight excluding hydrogens is 392 g/mol. The van der Waals surface area contributed by atoms with Crippen LogP contribution in [0, 0.1) is 6.92 Å². The fourth-order valence-electron chi connectivity index (χ4n) is 4.57. The first-order chi connectivity index (χ1) is 15.4.